The van der Waals surface area contributed by atoms with E-state index in [-0.39, 0.29) is 5.91 Å². The van der Waals surface area contributed by atoms with Gasteiger partial charge in [0, 0.05) is 52.0 Å². The molecular formula is C14H22N4O. The lowest BCUT2D eigenvalue weighted by molar-refractivity contribution is 0.100. The fourth-order valence-corrected chi connectivity index (χ4v) is 2.36. The van der Waals surface area contributed by atoms with Gasteiger partial charge in [0.05, 0.1) is 5.56 Å². The quantitative estimate of drug-likeness (QED) is 0.791. The summed E-state index contributed by atoms with van der Waals surface area (Å²) >= 11 is 0. The molecule has 0 saturated carbocycles. The molecule has 1 saturated heterocycles. The van der Waals surface area contributed by atoms with E-state index in [2.05, 4.69) is 15.1 Å². The minimum absolute atomic E-state index is 0.371. The Kier molecular flexibility index (Phi) is 4.76. The first-order chi connectivity index (χ1) is 9.18. The standard InChI is InChI=1S/C14H22N4O/c1-17(10-11-18-8-6-16-7-9-18)13-5-3-2-4-12(13)14(15)19/h2-5,16H,6-11H2,1H3,(H2,15,19). The molecule has 1 amide bonds. The monoisotopic (exact) mass is 262 g/mol. The average Bonchev–Trinajstić information content (AvgIpc) is 2.46. The molecule has 1 aliphatic rings. The van der Waals surface area contributed by atoms with E-state index in [1.165, 1.54) is 0 Å². The van der Waals surface area contributed by atoms with Gasteiger partial charge in [0.2, 0.25) is 0 Å². The fourth-order valence-electron chi connectivity index (χ4n) is 2.36. The number of nitrogens with one attached hydrogen (secondary N) is 1. The zero-order chi connectivity index (χ0) is 13.7. The maximum absolute atomic E-state index is 11.4. The molecule has 0 aromatic heterocycles. The fraction of sp³-hybridized carbons (Fsp3) is 0.500. The zero-order valence-electron chi connectivity index (χ0n) is 11.4. The van der Waals surface area contributed by atoms with Crippen molar-refractivity contribution in [2.24, 2.45) is 5.73 Å². The van der Waals surface area contributed by atoms with Gasteiger partial charge in [-0.1, -0.05) is 12.1 Å². The lowest BCUT2D eigenvalue weighted by Gasteiger charge is -2.30. The van der Waals surface area contributed by atoms with Crippen molar-refractivity contribution in [2.45, 2.75) is 0 Å². The number of amides is 1. The van der Waals surface area contributed by atoms with Gasteiger partial charge in [-0.05, 0) is 12.1 Å². The number of piperazine rings is 1. The number of nitrogens with two attached hydrogens (primary N) is 1. The highest BCUT2D eigenvalue weighted by Crippen LogP contribution is 2.18. The van der Waals surface area contributed by atoms with Crippen LogP contribution in [0.1, 0.15) is 10.4 Å². The predicted molar refractivity (Wildman–Crippen MR) is 77.5 cm³/mol. The van der Waals surface area contributed by atoms with Crippen molar-refractivity contribution in [3.63, 3.8) is 0 Å². The van der Waals surface area contributed by atoms with E-state index in [0.29, 0.717) is 5.56 Å². The lowest BCUT2D eigenvalue weighted by atomic mass is 10.1. The van der Waals surface area contributed by atoms with E-state index in [9.17, 15) is 4.79 Å². The van der Waals surface area contributed by atoms with Crippen molar-refractivity contribution in [1.29, 1.82) is 0 Å². The van der Waals surface area contributed by atoms with Gasteiger partial charge in [0.1, 0.15) is 0 Å². The summed E-state index contributed by atoms with van der Waals surface area (Å²) in [5.74, 6) is -0.371. The van der Waals surface area contributed by atoms with Crippen LogP contribution in [0.5, 0.6) is 0 Å². The van der Waals surface area contributed by atoms with Crippen LogP contribution in [0.2, 0.25) is 0 Å². The maximum Gasteiger partial charge on any atom is 0.250 e. The molecule has 5 heteroatoms. The number of nitrogens with zero attached hydrogens (tertiary/aromatic N) is 2. The molecule has 0 aliphatic carbocycles. The average molecular weight is 262 g/mol. The Morgan fingerprint density at radius 2 is 2.05 bits per heavy atom. The molecule has 0 atom stereocenters. The number of likely N-dealkylation sites (N-methyl/N-ethyl adjacent to an activating group) is 1. The number of carbonyl (C=O) groups is 1. The summed E-state index contributed by atoms with van der Waals surface area (Å²) in [6, 6.07) is 7.49. The molecule has 0 radical (unpaired) electrons. The molecule has 1 fully saturated rings. The normalized spacial score (nSPS) is 16.3. The minimum atomic E-state index is -0.371. The molecular weight excluding hydrogens is 240 g/mol. The van der Waals surface area contributed by atoms with Gasteiger partial charge < -0.3 is 16.0 Å². The van der Waals surface area contributed by atoms with Crippen molar-refractivity contribution in [2.75, 3.05) is 51.2 Å². The molecule has 1 aliphatic heterocycles. The van der Waals surface area contributed by atoms with Crippen molar-refractivity contribution >= 4 is 11.6 Å². The van der Waals surface area contributed by atoms with E-state index in [0.717, 1.165) is 45.0 Å². The summed E-state index contributed by atoms with van der Waals surface area (Å²) < 4.78 is 0. The maximum atomic E-state index is 11.4. The Balaban J connectivity index is 1.95. The van der Waals surface area contributed by atoms with Crippen LogP contribution < -0.4 is 16.0 Å². The predicted octanol–water partition coefficient (Wildman–Crippen LogP) is 0.127. The topological polar surface area (TPSA) is 61.6 Å². The van der Waals surface area contributed by atoms with Crippen molar-refractivity contribution < 1.29 is 4.79 Å². The molecule has 5 nitrogen and oxygen atoms in total. The van der Waals surface area contributed by atoms with Crippen molar-refractivity contribution in [3.05, 3.63) is 29.8 Å². The van der Waals surface area contributed by atoms with Crippen LogP contribution >= 0.6 is 0 Å². The second kappa shape index (κ2) is 6.54. The number of primary amides is 1. The minimum Gasteiger partial charge on any atom is -0.373 e. The first-order valence-corrected chi connectivity index (χ1v) is 6.71. The molecule has 19 heavy (non-hydrogen) atoms. The van der Waals surface area contributed by atoms with Crippen LogP contribution in [0.25, 0.3) is 0 Å². The molecule has 0 unspecified atom stereocenters. The smallest absolute Gasteiger partial charge is 0.250 e. The number of rotatable bonds is 5. The summed E-state index contributed by atoms with van der Waals surface area (Å²) in [5, 5.41) is 3.34. The van der Waals surface area contributed by atoms with Crippen LogP contribution in [0, 0.1) is 0 Å². The Labute approximate surface area is 114 Å². The highest BCUT2D eigenvalue weighted by Gasteiger charge is 2.13. The number of carbonyl (C=O) groups excluding carboxylic acids is 1. The highest BCUT2D eigenvalue weighted by atomic mass is 16.1. The van der Waals surface area contributed by atoms with Gasteiger partial charge in [0.25, 0.3) is 5.91 Å². The molecule has 0 bridgehead atoms. The van der Waals surface area contributed by atoms with Crippen LogP contribution in [0.3, 0.4) is 0 Å². The Morgan fingerprint density at radius 1 is 1.37 bits per heavy atom. The lowest BCUT2D eigenvalue weighted by Crippen LogP contribution is -2.46. The molecule has 1 aromatic carbocycles. The van der Waals surface area contributed by atoms with Crippen molar-refractivity contribution in [3.8, 4) is 0 Å². The highest BCUT2D eigenvalue weighted by molar-refractivity contribution is 5.98. The molecule has 1 heterocycles. The van der Waals surface area contributed by atoms with Crippen LogP contribution in [-0.2, 0) is 0 Å². The third-order valence-corrected chi connectivity index (χ3v) is 3.54. The number of benzene rings is 1. The van der Waals surface area contributed by atoms with Crippen molar-refractivity contribution in [1.82, 2.24) is 10.2 Å². The van der Waals surface area contributed by atoms with Gasteiger partial charge in [0.15, 0.2) is 0 Å². The number of para-hydroxylation sites is 1. The van der Waals surface area contributed by atoms with Crippen LogP contribution in [-0.4, -0.2) is 57.1 Å². The van der Waals surface area contributed by atoms with E-state index in [1.54, 1.807) is 6.07 Å². The van der Waals surface area contributed by atoms with Gasteiger partial charge >= 0.3 is 0 Å². The van der Waals surface area contributed by atoms with Gasteiger partial charge in [-0.25, -0.2) is 0 Å². The third kappa shape index (κ3) is 3.68. The molecule has 104 valence electrons. The summed E-state index contributed by atoms with van der Waals surface area (Å²) in [6.07, 6.45) is 0. The van der Waals surface area contributed by atoms with E-state index >= 15 is 0 Å². The summed E-state index contributed by atoms with van der Waals surface area (Å²) in [5.41, 5.74) is 6.90. The Bertz CT molecular complexity index is 429. The second-order valence-corrected chi connectivity index (χ2v) is 4.89. The first-order valence-electron chi connectivity index (χ1n) is 6.71. The Morgan fingerprint density at radius 3 is 2.74 bits per heavy atom. The first kappa shape index (κ1) is 13.8. The SMILES string of the molecule is CN(CCN1CCNCC1)c1ccccc1C(N)=O. The molecule has 0 spiro atoms. The van der Waals surface area contributed by atoms with Gasteiger partial charge in [-0.3, -0.25) is 9.69 Å². The van der Waals surface area contributed by atoms with Gasteiger partial charge in [-0.2, -0.15) is 0 Å². The number of hydrogen-bond donors (Lipinski definition) is 2. The van der Waals surface area contributed by atoms with E-state index in [1.807, 2.05) is 25.2 Å². The Hall–Kier alpha value is -1.59. The third-order valence-electron chi connectivity index (χ3n) is 3.54. The second-order valence-electron chi connectivity index (χ2n) is 4.89. The summed E-state index contributed by atoms with van der Waals surface area (Å²) in [7, 11) is 2.00. The van der Waals surface area contributed by atoms with Crippen LogP contribution in [0.4, 0.5) is 5.69 Å². The summed E-state index contributed by atoms with van der Waals surface area (Å²) in [6.45, 7) is 6.19. The molecule has 2 rings (SSSR count). The number of hydrogen-bond acceptors (Lipinski definition) is 4. The largest absolute Gasteiger partial charge is 0.373 e. The van der Waals surface area contributed by atoms with E-state index < -0.39 is 0 Å². The number of anilines is 1. The van der Waals surface area contributed by atoms with Gasteiger partial charge in [-0.15, -0.1) is 0 Å². The van der Waals surface area contributed by atoms with Crippen LogP contribution in [0.15, 0.2) is 24.3 Å². The summed E-state index contributed by atoms with van der Waals surface area (Å²) in [4.78, 5) is 15.9. The molecule has 1 aromatic rings. The zero-order valence-corrected chi connectivity index (χ0v) is 11.4. The van der Waals surface area contributed by atoms with E-state index in [4.69, 9.17) is 5.73 Å². The molecule has 3 N–H and O–H groups in total.